The fourth-order valence-electron chi connectivity index (χ4n) is 3.80. The van der Waals surface area contributed by atoms with Crippen molar-refractivity contribution in [1.82, 2.24) is 20.1 Å². The van der Waals surface area contributed by atoms with Crippen LogP contribution in [0.4, 0.5) is 0 Å². The Kier molecular flexibility index (Phi) is 5.16. The van der Waals surface area contributed by atoms with Crippen molar-refractivity contribution in [2.45, 2.75) is 25.3 Å². The Bertz CT molecular complexity index is 909. The van der Waals surface area contributed by atoms with E-state index in [9.17, 15) is 4.79 Å². The van der Waals surface area contributed by atoms with Crippen LogP contribution in [0.3, 0.4) is 0 Å². The molecule has 1 atom stereocenters. The average Bonchev–Trinajstić information content (AvgIpc) is 3.16. The molecule has 2 heterocycles. The first-order valence-electron chi connectivity index (χ1n) is 9.41. The van der Waals surface area contributed by atoms with E-state index in [-0.39, 0.29) is 5.91 Å². The zero-order chi connectivity index (χ0) is 18.6. The Balaban J connectivity index is 1.34. The van der Waals surface area contributed by atoms with Crippen molar-refractivity contribution in [2.75, 3.05) is 26.7 Å². The summed E-state index contributed by atoms with van der Waals surface area (Å²) in [6.45, 7) is 2.95. The highest BCUT2D eigenvalue weighted by molar-refractivity contribution is 5.78. The summed E-state index contributed by atoms with van der Waals surface area (Å²) in [4.78, 5) is 16.8. The molecular weight excluding hydrogens is 340 g/mol. The van der Waals surface area contributed by atoms with Crippen molar-refractivity contribution in [3.05, 3.63) is 59.7 Å². The predicted octanol–water partition coefficient (Wildman–Crippen LogP) is 3.06. The van der Waals surface area contributed by atoms with E-state index in [4.69, 9.17) is 4.63 Å². The van der Waals surface area contributed by atoms with Crippen molar-refractivity contribution in [3.8, 4) is 0 Å². The minimum absolute atomic E-state index is 0.141. The van der Waals surface area contributed by atoms with Gasteiger partial charge in [0.25, 0.3) is 0 Å². The van der Waals surface area contributed by atoms with Gasteiger partial charge in [-0.1, -0.05) is 36.4 Å². The van der Waals surface area contributed by atoms with E-state index >= 15 is 0 Å². The van der Waals surface area contributed by atoms with Crippen molar-refractivity contribution >= 4 is 16.9 Å². The highest BCUT2D eigenvalue weighted by atomic mass is 16.6. The molecule has 1 aliphatic heterocycles. The predicted molar refractivity (Wildman–Crippen MR) is 103 cm³/mol. The van der Waals surface area contributed by atoms with Crippen molar-refractivity contribution < 1.29 is 9.42 Å². The molecule has 0 spiro atoms. The summed E-state index contributed by atoms with van der Waals surface area (Å²) < 4.78 is 4.73. The van der Waals surface area contributed by atoms with E-state index in [2.05, 4.69) is 45.5 Å². The van der Waals surface area contributed by atoms with E-state index in [0.717, 1.165) is 36.1 Å². The van der Waals surface area contributed by atoms with Gasteiger partial charge in [0.15, 0.2) is 0 Å². The second-order valence-electron chi connectivity index (χ2n) is 7.32. The molecule has 0 bridgehead atoms. The average molecular weight is 364 g/mol. The third-order valence-corrected chi connectivity index (χ3v) is 5.30. The standard InChI is InChI=1S/C21H24N4O2/c1-24(13-16-9-10-19-20(12-16)23-27-22-19)21(26)15-25-11-5-8-18(14-25)17-6-3-2-4-7-17/h2-4,6-7,9-10,12,18H,5,8,11,13-15H2,1H3/t18-/m1/s1. The molecule has 1 aromatic heterocycles. The van der Waals surface area contributed by atoms with E-state index in [1.165, 1.54) is 12.0 Å². The topological polar surface area (TPSA) is 62.5 Å². The highest BCUT2D eigenvalue weighted by Crippen LogP contribution is 2.26. The van der Waals surface area contributed by atoms with Crippen LogP contribution in [-0.4, -0.2) is 52.7 Å². The Morgan fingerprint density at radius 3 is 2.85 bits per heavy atom. The Morgan fingerprint density at radius 1 is 1.19 bits per heavy atom. The molecule has 6 nitrogen and oxygen atoms in total. The van der Waals surface area contributed by atoms with Crippen molar-refractivity contribution in [3.63, 3.8) is 0 Å². The first kappa shape index (κ1) is 17.7. The van der Waals surface area contributed by atoms with Crippen LogP contribution in [0.5, 0.6) is 0 Å². The van der Waals surface area contributed by atoms with Crippen LogP contribution in [0.25, 0.3) is 11.0 Å². The summed E-state index contributed by atoms with van der Waals surface area (Å²) >= 11 is 0. The van der Waals surface area contributed by atoms with Gasteiger partial charge in [0.05, 0.1) is 6.54 Å². The third-order valence-electron chi connectivity index (χ3n) is 5.30. The minimum Gasteiger partial charge on any atom is -0.340 e. The molecule has 1 fully saturated rings. The van der Waals surface area contributed by atoms with E-state index < -0.39 is 0 Å². The number of hydrogen-bond donors (Lipinski definition) is 0. The van der Waals surface area contributed by atoms with Crippen molar-refractivity contribution in [1.29, 1.82) is 0 Å². The molecule has 1 aliphatic rings. The molecule has 0 radical (unpaired) electrons. The summed E-state index contributed by atoms with van der Waals surface area (Å²) in [6, 6.07) is 16.4. The van der Waals surface area contributed by atoms with Gasteiger partial charge >= 0.3 is 0 Å². The first-order valence-corrected chi connectivity index (χ1v) is 9.41. The highest BCUT2D eigenvalue weighted by Gasteiger charge is 2.23. The van der Waals surface area contributed by atoms with Gasteiger partial charge < -0.3 is 4.90 Å². The van der Waals surface area contributed by atoms with Gasteiger partial charge in [0.1, 0.15) is 11.0 Å². The lowest BCUT2D eigenvalue weighted by Gasteiger charge is -2.33. The smallest absolute Gasteiger partial charge is 0.236 e. The van der Waals surface area contributed by atoms with Crippen LogP contribution < -0.4 is 0 Å². The summed E-state index contributed by atoms with van der Waals surface area (Å²) in [5.41, 5.74) is 3.84. The minimum atomic E-state index is 0.141. The Morgan fingerprint density at radius 2 is 2.00 bits per heavy atom. The molecule has 3 aromatic rings. The lowest BCUT2D eigenvalue weighted by molar-refractivity contribution is -0.131. The number of hydrogen-bond acceptors (Lipinski definition) is 5. The van der Waals surface area contributed by atoms with Gasteiger partial charge in [-0.25, -0.2) is 4.63 Å². The van der Waals surface area contributed by atoms with E-state index in [1.807, 2.05) is 25.2 Å². The second kappa shape index (κ2) is 7.88. The molecule has 140 valence electrons. The van der Waals surface area contributed by atoms with Gasteiger partial charge in [-0.2, -0.15) is 0 Å². The van der Waals surface area contributed by atoms with Gasteiger partial charge in [0, 0.05) is 20.1 Å². The van der Waals surface area contributed by atoms with E-state index in [1.54, 1.807) is 4.90 Å². The summed E-state index contributed by atoms with van der Waals surface area (Å²) in [5.74, 6) is 0.655. The van der Waals surface area contributed by atoms with Crippen LogP contribution in [-0.2, 0) is 11.3 Å². The van der Waals surface area contributed by atoms with Crippen LogP contribution in [0.1, 0.15) is 29.9 Å². The molecule has 0 aliphatic carbocycles. The number of aromatic nitrogens is 2. The first-order chi connectivity index (χ1) is 13.2. The number of carbonyl (C=O) groups excluding carboxylic acids is 1. The zero-order valence-corrected chi connectivity index (χ0v) is 15.5. The quantitative estimate of drug-likeness (QED) is 0.696. The summed E-state index contributed by atoms with van der Waals surface area (Å²) in [7, 11) is 1.85. The number of fused-ring (bicyclic) bond motifs is 1. The SMILES string of the molecule is CN(Cc1ccc2nonc2c1)C(=O)CN1CCC[C@@H](c2ccccc2)C1. The Labute approximate surface area is 158 Å². The van der Waals surface area contributed by atoms with Crippen LogP contribution in [0.15, 0.2) is 53.2 Å². The zero-order valence-electron chi connectivity index (χ0n) is 15.5. The molecule has 2 aromatic carbocycles. The normalized spacial score (nSPS) is 17.9. The maximum atomic E-state index is 12.7. The van der Waals surface area contributed by atoms with E-state index in [0.29, 0.717) is 19.0 Å². The van der Waals surface area contributed by atoms with Crippen LogP contribution >= 0.6 is 0 Å². The van der Waals surface area contributed by atoms with Crippen LogP contribution in [0, 0.1) is 0 Å². The maximum Gasteiger partial charge on any atom is 0.236 e. The third kappa shape index (κ3) is 4.17. The number of benzene rings is 2. The number of rotatable bonds is 5. The molecule has 1 saturated heterocycles. The van der Waals surface area contributed by atoms with Crippen LogP contribution in [0.2, 0.25) is 0 Å². The molecular formula is C21H24N4O2. The number of nitrogens with zero attached hydrogens (tertiary/aromatic N) is 4. The Hall–Kier alpha value is -2.73. The van der Waals surface area contributed by atoms with Gasteiger partial charge in [-0.15, -0.1) is 0 Å². The van der Waals surface area contributed by atoms with Gasteiger partial charge in [0.2, 0.25) is 5.91 Å². The molecule has 4 rings (SSSR count). The molecule has 6 heteroatoms. The number of amides is 1. The molecule has 0 N–H and O–H groups in total. The largest absolute Gasteiger partial charge is 0.340 e. The molecule has 1 amide bonds. The van der Waals surface area contributed by atoms with Gasteiger partial charge in [-0.05, 0) is 58.9 Å². The fraction of sp³-hybridized carbons (Fsp3) is 0.381. The van der Waals surface area contributed by atoms with Gasteiger partial charge in [-0.3, -0.25) is 9.69 Å². The lowest BCUT2D eigenvalue weighted by atomic mass is 9.91. The molecule has 0 saturated carbocycles. The lowest BCUT2D eigenvalue weighted by Crippen LogP contribution is -2.42. The second-order valence-corrected chi connectivity index (χ2v) is 7.32. The maximum absolute atomic E-state index is 12.7. The number of likely N-dealkylation sites (N-methyl/N-ethyl adjacent to an activating group) is 1. The molecule has 0 unspecified atom stereocenters. The number of likely N-dealkylation sites (tertiary alicyclic amines) is 1. The summed E-state index contributed by atoms with van der Waals surface area (Å²) in [5, 5.41) is 7.67. The summed E-state index contributed by atoms with van der Waals surface area (Å²) in [6.07, 6.45) is 2.32. The number of piperidine rings is 1. The molecule has 27 heavy (non-hydrogen) atoms. The number of carbonyl (C=O) groups is 1. The van der Waals surface area contributed by atoms with Crippen molar-refractivity contribution in [2.24, 2.45) is 0 Å². The monoisotopic (exact) mass is 364 g/mol. The fourth-order valence-corrected chi connectivity index (χ4v) is 3.80.